The minimum Gasteiger partial charge on any atom is -0.377 e. The molecule has 0 aromatic heterocycles. The van der Waals surface area contributed by atoms with Gasteiger partial charge in [-0.3, -0.25) is 4.90 Å². The highest BCUT2D eigenvalue weighted by atomic mass is 32.2. The van der Waals surface area contributed by atoms with Gasteiger partial charge in [0.15, 0.2) is 0 Å². The Hall–Kier alpha value is -0.170. The molecule has 0 radical (unpaired) electrons. The van der Waals surface area contributed by atoms with E-state index >= 15 is 0 Å². The number of ether oxygens (including phenoxy) is 1. The van der Waals surface area contributed by atoms with E-state index in [1.807, 2.05) is 0 Å². The quantitative estimate of drug-likeness (QED) is 0.814. The van der Waals surface area contributed by atoms with Crippen molar-refractivity contribution in [3.05, 3.63) is 0 Å². The first-order chi connectivity index (χ1) is 8.87. The maximum absolute atomic E-state index is 12.2. The summed E-state index contributed by atoms with van der Waals surface area (Å²) in [5.41, 5.74) is 0. The molecule has 2 rings (SSSR count). The first kappa shape index (κ1) is 15.2. The lowest BCUT2D eigenvalue weighted by atomic mass is 10.1. The van der Waals surface area contributed by atoms with Crippen molar-refractivity contribution in [1.82, 2.24) is 9.62 Å². The van der Waals surface area contributed by atoms with Gasteiger partial charge in [-0.25, -0.2) is 13.1 Å². The van der Waals surface area contributed by atoms with Crippen LogP contribution in [0.15, 0.2) is 0 Å². The molecule has 1 N–H and O–H groups in total. The van der Waals surface area contributed by atoms with E-state index in [1.165, 1.54) is 0 Å². The second-order valence-electron chi connectivity index (χ2n) is 6.17. The van der Waals surface area contributed by atoms with Crippen LogP contribution < -0.4 is 4.72 Å². The zero-order valence-electron chi connectivity index (χ0n) is 12.1. The molecule has 0 bridgehead atoms. The number of sulfonamides is 1. The minimum atomic E-state index is -3.23. The van der Waals surface area contributed by atoms with Crippen LogP contribution in [0.1, 0.15) is 33.6 Å². The predicted octanol–water partition coefficient (Wildman–Crippen LogP) is 0.814. The largest absolute Gasteiger partial charge is 0.377 e. The Morgan fingerprint density at radius 1 is 1.37 bits per heavy atom. The second kappa shape index (κ2) is 6.08. The van der Waals surface area contributed by atoms with E-state index in [4.69, 9.17) is 4.74 Å². The fraction of sp³-hybridized carbons (Fsp3) is 1.00. The summed E-state index contributed by atoms with van der Waals surface area (Å²) in [5, 5.41) is 0. The summed E-state index contributed by atoms with van der Waals surface area (Å²) in [6.07, 6.45) is 1.72. The zero-order valence-corrected chi connectivity index (χ0v) is 12.9. The van der Waals surface area contributed by atoms with Gasteiger partial charge in [0, 0.05) is 31.8 Å². The molecule has 6 heteroatoms. The van der Waals surface area contributed by atoms with Gasteiger partial charge in [0.05, 0.1) is 11.9 Å². The van der Waals surface area contributed by atoms with Crippen molar-refractivity contribution in [2.75, 3.05) is 25.4 Å². The highest BCUT2D eigenvalue weighted by Gasteiger charge is 2.34. The van der Waals surface area contributed by atoms with Crippen LogP contribution in [0.5, 0.6) is 0 Å². The third-order valence-corrected chi connectivity index (χ3v) is 5.60. The predicted molar refractivity (Wildman–Crippen MR) is 75.6 cm³/mol. The van der Waals surface area contributed by atoms with Crippen LogP contribution in [0.4, 0.5) is 0 Å². The van der Waals surface area contributed by atoms with E-state index in [-0.39, 0.29) is 17.9 Å². The first-order valence-electron chi connectivity index (χ1n) is 7.23. The molecule has 2 saturated heterocycles. The third kappa shape index (κ3) is 4.15. The van der Waals surface area contributed by atoms with Crippen LogP contribution >= 0.6 is 0 Å². The van der Waals surface area contributed by atoms with Gasteiger partial charge in [-0.05, 0) is 32.6 Å². The van der Waals surface area contributed by atoms with Crippen molar-refractivity contribution in [2.24, 2.45) is 5.92 Å². The third-order valence-electron chi connectivity index (χ3n) is 4.13. The molecule has 3 atom stereocenters. The van der Waals surface area contributed by atoms with Crippen molar-refractivity contribution in [1.29, 1.82) is 0 Å². The monoisotopic (exact) mass is 290 g/mol. The number of hydrogen-bond acceptors (Lipinski definition) is 4. The average molecular weight is 290 g/mol. The Balaban J connectivity index is 1.89. The lowest BCUT2D eigenvalue weighted by Crippen LogP contribution is -2.43. The van der Waals surface area contributed by atoms with Crippen LogP contribution in [-0.4, -0.2) is 57.0 Å². The molecule has 3 unspecified atom stereocenters. The normalized spacial score (nSPS) is 33.4. The van der Waals surface area contributed by atoms with Crippen molar-refractivity contribution in [2.45, 2.75) is 51.8 Å². The lowest BCUT2D eigenvalue weighted by Gasteiger charge is -2.20. The molecular weight excluding hydrogens is 264 g/mol. The summed E-state index contributed by atoms with van der Waals surface area (Å²) in [5.74, 6) is 0.472. The molecular formula is C13H26N2O3S. The maximum atomic E-state index is 12.2. The Labute approximate surface area is 116 Å². The second-order valence-corrected chi connectivity index (χ2v) is 7.96. The molecule has 19 heavy (non-hydrogen) atoms. The average Bonchev–Trinajstić information content (AvgIpc) is 2.88. The van der Waals surface area contributed by atoms with Gasteiger partial charge < -0.3 is 4.74 Å². The SMILES string of the molecule is CC1CN(C(C)C)CC1NS(=O)(=O)CC1CCCO1. The van der Waals surface area contributed by atoms with Gasteiger partial charge in [-0.15, -0.1) is 0 Å². The highest BCUT2D eigenvalue weighted by molar-refractivity contribution is 7.89. The van der Waals surface area contributed by atoms with Crippen molar-refractivity contribution >= 4 is 10.0 Å². The van der Waals surface area contributed by atoms with Gasteiger partial charge in [0.1, 0.15) is 0 Å². The summed E-state index contributed by atoms with van der Waals surface area (Å²) in [4.78, 5) is 2.32. The van der Waals surface area contributed by atoms with E-state index in [2.05, 4.69) is 30.4 Å². The van der Waals surface area contributed by atoms with E-state index in [1.54, 1.807) is 0 Å². The van der Waals surface area contributed by atoms with E-state index in [0.717, 1.165) is 25.9 Å². The van der Waals surface area contributed by atoms with Crippen LogP contribution in [0.25, 0.3) is 0 Å². The number of hydrogen-bond donors (Lipinski definition) is 1. The van der Waals surface area contributed by atoms with Crippen LogP contribution in [0.3, 0.4) is 0 Å². The first-order valence-corrected chi connectivity index (χ1v) is 8.88. The summed E-state index contributed by atoms with van der Waals surface area (Å²) in [6.45, 7) is 8.88. The molecule has 0 amide bonds. The number of nitrogens with zero attached hydrogens (tertiary/aromatic N) is 1. The fourth-order valence-electron chi connectivity index (χ4n) is 2.88. The van der Waals surface area contributed by atoms with Crippen molar-refractivity contribution in [3.8, 4) is 0 Å². The molecule has 0 spiro atoms. The number of rotatable bonds is 5. The van der Waals surface area contributed by atoms with Crippen LogP contribution in [0, 0.1) is 5.92 Å². The molecule has 0 aliphatic carbocycles. The Kier molecular flexibility index (Phi) is 4.87. The minimum absolute atomic E-state index is 0.0359. The standard InChI is InChI=1S/C13H26N2O3S/c1-10(2)15-7-11(3)13(8-15)14-19(16,17)9-12-5-4-6-18-12/h10-14H,4-9H2,1-3H3. The van der Waals surface area contributed by atoms with E-state index < -0.39 is 10.0 Å². The molecule has 2 aliphatic heterocycles. The van der Waals surface area contributed by atoms with Crippen molar-refractivity contribution in [3.63, 3.8) is 0 Å². The smallest absolute Gasteiger partial charge is 0.214 e. The summed E-state index contributed by atoms with van der Waals surface area (Å²) in [6, 6.07) is 0.504. The molecule has 0 aromatic rings. The van der Waals surface area contributed by atoms with Gasteiger partial charge >= 0.3 is 0 Å². The summed E-state index contributed by atoms with van der Waals surface area (Å²) >= 11 is 0. The Bertz CT molecular complexity index is 391. The number of likely N-dealkylation sites (tertiary alicyclic amines) is 1. The highest BCUT2D eigenvalue weighted by Crippen LogP contribution is 2.20. The van der Waals surface area contributed by atoms with Gasteiger partial charge in [0.25, 0.3) is 0 Å². The topological polar surface area (TPSA) is 58.6 Å². The molecule has 112 valence electrons. The zero-order chi connectivity index (χ0) is 14.0. The Morgan fingerprint density at radius 3 is 2.63 bits per heavy atom. The maximum Gasteiger partial charge on any atom is 0.214 e. The number of nitrogens with one attached hydrogen (secondary N) is 1. The lowest BCUT2D eigenvalue weighted by molar-refractivity contribution is 0.127. The van der Waals surface area contributed by atoms with Gasteiger partial charge in [0.2, 0.25) is 10.0 Å². The molecule has 2 heterocycles. The molecule has 2 fully saturated rings. The van der Waals surface area contributed by atoms with E-state index in [9.17, 15) is 8.42 Å². The summed E-state index contributed by atoms with van der Waals surface area (Å²) in [7, 11) is -3.23. The van der Waals surface area contributed by atoms with Gasteiger partial charge in [-0.2, -0.15) is 0 Å². The molecule has 2 aliphatic rings. The van der Waals surface area contributed by atoms with Crippen molar-refractivity contribution < 1.29 is 13.2 Å². The van der Waals surface area contributed by atoms with Gasteiger partial charge in [-0.1, -0.05) is 6.92 Å². The molecule has 5 nitrogen and oxygen atoms in total. The summed E-state index contributed by atoms with van der Waals surface area (Å²) < 4.78 is 32.6. The molecule has 0 saturated carbocycles. The van der Waals surface area contributed by atoms with Crippen LogP contribution in [-0.2, 0) is 14.8 Å². The van der Waals surface area contributed by atoms with Crippen LogP contribution in [0.2, 0.25) is 0 Å². The fourth-order valence-corrected chi connectivity index (χ4v) is 4.50. The molecule has 0 aromatic carbocycles. The van der Waals surface area contributed by atoms with E-state index in [0.29, 0.717) is 18.6 Å². The Morgan fingerprint density at radius 2 is 2.11 bits per heavy atom.